The summed E-state index contributed by atoms with van der Waals surface area (Å²) in [6.45, 7) is 9.90. The molecule has 0 atom stereocenters. The predicted octanol–water partition coefficient (Wildman–Crippen LogP) is 3.21. The molecule has 2 heteroatoms. The Morgan fingerprint density at radius 2 is 1.83 bits per heavy atom. The van der Waals surface area contributed by atoms with E-state index in [9.17, 15) is 0 Å². The average molecular weight is 248 g/mol. The lowest BCUT2D eigenvalue weighted by molar-refractivity contribution is 0.313. The van der Waals surface area contributed by atoms with Gasteiger partial charge >= 0.3 is 0 Å². The lowest BCUT2D eigenvalue weighted by Gasteiger charge is -2.20. The lowest BCUT2D eigenvalue weighted by atomic mass is 10.1. The van der Waals surface area contributed by atoms with Crippen LogP contribution < -0.4 is 5.32 Å². The smallest absolute Gasteiger partial charge is 0.0233 e. The summed E-state index contributed by atoms with van der Waals surface area (Å²) in [5, 5.41) is 3.61. The van der Waals surface area contributed by atoms with E-state index in [2.05, 4.69) is 62.3 Å². The molecule has 0 heterocycles. The van der Waals surface area contributed by atoms with Gasteiger partial charge in [0.25, 0.3) is 0 Å². The quantitative estimate of drug-likeness (QED) is 0.760. The van der Waals surface area contributed by atoms with Gasteiger partial charge in [-0.2, -0.15) is 0 Å². The van der Waals surface area contributed by atoms with E-state index in [1.807, 2.05) is 0 Å². The Balaban J connectivity index is 2.30. The van der Waals surface area contributed by atoms with E-state index in [1.165, 1.54) is 24.0 Å². The SMILES string of the molecule is CCC(CC)NCCN(C)Cc1ccccc1C. The molecule has 0 amide bonds. The lowest BCUT2D eigenvalue weighted by Crippen LogP contribution is -2.35. The summed E-state index contributed by atoms with van der Waals surface area (Å²) in [4.78, 5) is 2.39. The highest BCUT2D eigenvalue weighted by Crippen LogP contribution is 2.09. The minimum Gasteiger partial charge on any atom is -0.313 e. The summed E-state index contributed by atoms with van der Waals surface area (Å²) in [7, 11) is 2.20. The first-order chi connectivity index (χ1) is 8.67. The summed E-state index contributed by atoms with van der Waals surface area (Å²) < 4.78 is 0. The van der Waals surface area contributed by atoms with Gasteiger partial charge in [-0.15, -0.1) is 0 Å². The molecule has 0 aromatic heterocycles. The maximum absolute atomic E-state index is 3.61. The fourth-order valence-corrected chi connectivity index (χ4v) is 2.19. The molecule has 0 fully saturated rings. The Morgan fingerprint density at radius 1 is 1.17 bits per heavy atom. The van der Waals surface area contributed by atoms with Crippen LogP contribution in [0.4, 0.5) is 0 Å². The summed E-state index contributed by atoms with van der Waals surface area (Å²) in [6, 6.07) is 9.31. The fourth-order valence-electron chi connectivity index (χ4n) is 2.19. The number of rotatable bonds is 8. The van der Waals surface area contributed by atoms with E-state index in [-0.39, 0.29) is 0 Å². The molecule has 0 spiro atoms. The molecule has 0 radical (unpaired) electrons. The average Bonchev–Trinajstić information content (AvgIpc) is 2.37. The van der Waals surface area contributed by atoms with Gasteiger partial charge in [0.1, 0.15) is 0 Å². The highest BCUT2D eigenvalue weighted by Gasteiger charge is 2.04. The normalized spacial score (nSPS) is 11.4. The molecule has 1 aromatic rings. The number of hydrogen-bond acceptors (Lipinski definition) is 2. The highest BCUT2D eigenvalue weighted by atomic mass is 15.1. The zero-order chi connectivity index (χ0) is 13.4. The van der Waals surface area contributed by atoms with Crippen molar-refractivity contribution in [3.05, 3.63) is 35.4 Å². The Hall–Kier alpha value is -0.860. The van der Waals surface area contributed by atoms with Gasteiger partial charge in [0.15, 0.2) is 0 Å². The molecule has 0 aliphatic heterocycles. The van der Waals surface area contributed by atoms with Crippen molar-refractivity contribution in [3.8, 4) is 0 Å². The van der Waals surface area contributed by atoms with Crippen molar-refractivity contribution in [1.82, 2.24) is 10.2 Å². The maximum atomic E-state index is 3.61. The van der Waals surface area contributed by atoms with Crippen molar-refractivity contribution in [1.29, 1.82) is 0 Å². The van der Waals surface area contributed by atoms with Crippen LogP contribution in [0.3, 0.4) is 0 Å². The van der Waals surface area contributed by atoms with Gasteiger partial charge in [0, 0.05) is 25.7 Å². The molecule has 1 rings (SSSR count). The van der Waals surface area contributed by atoms with Crippen molar-refractivity contribution in [2.45, 2.75) is 46.2 Å². The zero-order valence-corrected chi connectivity index (χ0v) is 12.4. The van der Waals surface area contributed by atoms with Crippen LogP contribution in [0.25, 0.3) is 0 Å². The van der Waals surface area contributed by atoms with Gasteiger partial charge in [-0.25, -0.2) is 0 Å². The minimum atomic E-state index is 0.678. The minimum absolute atomic E-state index is 0.678. The van der Waals surface area contributed by atoms with Crippen LogP contribution in [0.15, 0.2) is 24.3 Å². The van der Waals surface area contributed by atoms with Crippen molar-refractivity contribution in [2.24, 2.45) is 0 Å². The summed E-state index contributed by atoms with van der Waals surface area (Å²) in [5.74, 6) is 0. The van der Waals surface area contributed by atoms with Gasteiger partial charge in [-0.3, -0.25) is 0 Å². The maximum Gasteiger partial charge on any atom is 0.0233 e. The number of nitrogens with zero attached hydrogens (tertiary/aromatic N) is 1. The van der Waals surface area contributed by atoms with E-state index >= 15 is 0 Å². The monoisotopic (exact) mass is 248 g/mol. The van der Waals surface area contributed by atoms with Crippen LogP contribution in [0.1, 0.15) is 37.8 Å². The predicted molar refractivity (Wildman–Crippen MR) is 79.9 cm³/mol. The van der Waals surface area contributed by atoms with E-state index in [0.29, 0.717) is 6.04 Å². The second-order valence-electron chi connectivity index (χ2n) is 5.13. The van der Waals surface area contributed by atoms with Crippen molar-refractivity contribution < 1.29 is 0 Å². The van der Waals surface area contributed by atoms with Crippen molar-refractivity contribution in [2.75, 3.05) is 20.1 Å². The summed E-state index contributed by atoms with van der Waals surface area (Å²) in [5.41, 5.74) is 2.82. The van der Waals surface area contributed by atoms with E-state index < -0.39 is 0 Å². The van der Waals surface area contributed by atoms with Crippen LogP contribution in [0.2, 0.25) is 0 Å². The molecule has 102 valence electrons. The fraction of sp³-hybridized carbons (Fsp3) is 0.625. The Morgan fingerprint density at radius 3 is 2.44 bits per heavy atom. The third kappa shape index (κ3) is 5.19. The van der Waals surface area contributed by atoms with E-state index in [0.717, 1.165) is 19.6 Å². The standard InChI is InChI=1S/C16H28N2/c1-5-16(6-2)17-11-12-18(4)13-15-10-8-7-9-14(15)3/h7-10,16-17H,5-6,11-13H2,1-4H3. The third-order valence-corrected chi connectivity index (χ3v) is 3.61. The van der Waals surface area contributed by atoms with Gasteiger partial charge in [0.2, 0.25) is 0 Å². The van der Waals surface area contributed by atoms with Gasteiger partial charge < -0.3 is 10.2 Å². The van der Waals surface area contributed by atoms with Gasteiger partial charge in [-0.1, -0.05) is 38.1 Å². The Bertz CT molecular complexity index is 332. The number of aryl methyl sites for hydroxylation is 1. The Labute approximate surface area is 112 Å². The van der Waals surface area contributed by atoms with Crippen LogP contribution in [0.5, 0.6) is 0 Å². The highest BCUT2D eigenvalue weighted by molar-refractivity contribution is 5.25. The number of hydrogen-bond donors (Lipinski definition) is 1. The molecule has 0 saturated heterocycles. The van der Waals surface area contributed by atoms with Gasteiger partial charge in [-0.05, 0) is 37.9 Å². The molecule has 0 unspecified atom stereocenters. The topological polar surface area (TPSA) is 15.3 Å². The summed E-state index contributed by atoms with van der Waals surface area (Å²) >= 11 is 0. The second-order valence-corrected chi connectivity index (χ2v) is 5.13. The molecule has 1 aromatic carbocycles. The first-order valence-electron chi connectivity index (χ1n) is 7.13. The van der Waals surface area contributed by atoms with Crippen molar-refractivity contribution >= 4 is 0 Å². The molecular formula is C16H28N2. The third-order valence-electron chi connectivity index (χ3n) is 3.61. The molecule has 1 N–H and O–H groups in total. The molecular weight excluding hydrogens is 220 g/mol. The second kappa shape index (κ2) is 8.28. The molecule has 2 nitrogen and oxygen atoms in total. The van der Waals surface area contributed by atoms with Crippen LogP contribution >= 0.6 is 0 Å². The molecule has 0 aliphatic rings. The largest absolute Gasteiger partial charge is 0.313 e. The first-order valence-corrected chi connectivity index (χ1v) is 7.13. The number of nitrogens with one attached hydrogen (secondary N) is 1. The number of likely N-dealkylation sites (N-methyl/N-ethyl adjacent to an activating group) is 1. The summed E-state index contributed by atoms with van der Waals surface area (Å²) in [6.07, 6.45) is 2.44. The molecule has 0 aliphatic carbocycles. The van der Waals surface area contributed by atoms with Crippen LogP contribution in [-0.2, 0) is 6.54 Å². The molecule has 0 bridgehead atoms. The Kier molecular flexibility index (Phi) is 6.99. The van der Waals surface area contributed by atoms with E-state index in [4.69, 9.17) is 0 Å². The van der Waals surface area contributed by atoms with Crippen molar-refractivity contribution in [3.63, 3.8) is 0 Å². The molecule has 0 saturated carbocycles. The van der Waals surface area contributed by atoms with Gasteiger partial charge in [0.05, 0.1) is 0 Å². The van der Waals surface area contributed by atoms with Crippen LogP contribution in [-0.4, -0.2) is 31.1 Å². The molecule has 18 heavy (non-hydrogen) atoms. The van der Waals surface area contributed by atoms with E-state index in [1.54, 1.807) is 0 Å². The zero-order valence-electron chi connectivity index (χ0n) is 12.4. The number of benzene rings is 1. The van der Waals surface area contributed by atoms with Crippen LogP contribution in [0, 0.1) is 6.92 Å². The first kappa shape index (κ1) is 15.2.